The lowest BCUT2D eigenvalue weighted by molar-refractivity contribution is -0.276. The average molecular weight is 686 g/mol. The number of benzene rings is 3. The van der Waals surface area contributed by atoms with Gasteiger partial charge in [0, 0.05) is 37.7 Å². The number of aliphatic hydroxyl groups is 2. The van der Waals surface area contributed by atoms with Crippen LogP contribution in [0.5, 0.6) is 5.75 Å². The van der Waals surface area contributed by atoms with E-state index in [1.165, 1.54) is 6.07 Å². The van der Waals surface area contributed by atoms with Gasteiger partial charge < -0.3 is 39.9 Å². The number of rotatable bonds is 11. The van der Waals surface area contributed by atoms with Crippen LogP contribution in [0.4, 0.5) is 13.2 Å². The normalized spacial score (nSPS) is 23.4. The molecule has 0 radical (unpaired) electrons. The second-order valence-electron chi connectivity index (χ2n) is 12.8. The Kier molecular flexibility index (Phi) is 11.6. The van der Waals surface area contributed by atoms with Gasteiger partial charge in [-0.15, -0.1) is 0 Å². The molecule has 2 saturated heterocycles. The molecule has 3 aromatic rings. The van der Waals surface area contributed by atoms with Gasteiger partial charge in [0.05, 0.1) is 24.9 Å². The Hall–Kier alpha value is -4.01. The van der Waals surface area contributed by atoms with Gasteiger partial charge in [-0.25, -0.2) is 0 Å². The van der Waals surface area contributed by atoms with Gasteiger partial charge >= 0.3 is 12.1 Å². The number of nitrogens with one attached hydrogen (secondary N) is 1. The van der Waals surface area contributed by atoms with Gasteiger partial charge in [0.25, 0.3) is 0 Å². The number of ether oxygens (including phenoxy) is 2. The summed E-state index contributed by atoms with van der Waals surface area (Å²) >= 11 is 0. The maximum atomic E-state index is 13.0. The summed E-state index contributed by atoms with van der Waals surface area (Å²) in [7, 11) is 1.88. The van der Waals surface area contributed by atoms with Crippen molar-refractivity contribution >= 4 is 11.8 Å². The van der Waals surface area contributed by atoms with Gasteiger partial charge in [0.1, 0.15) is 11.8 Å². The highest BCUT2D eigenvalue weighted by molar-refractivity contribution is 5.90. The number of hydrogen-bond donors (Lipinski definition) is 4. The second kappa shape index (κ2) is 15.7. The summed E-state index contributed by atoms with van der Waals surface area (Å²) in [6.07, 6.45) is -6.85. The predicted molar refractivity (Wildman–Crippen MR) is 173 cm³/mol. The molecule has 3 aromatic carbocycles. The molecule has 6 atom stereocenters. The quantitative estimate of drug-likeness (QED) is 0.232. The Morgan fingerprint density at radius 2 is 1.69 bits per heavy atom. The molecule has 49 heavy (non-hydrogen) atoms. The van der Waals surface area contributed by atoms with Crippen molar-refractivity contribution in [2.75, 3.05) is 26.7 Å². The summed E-state index contributed by atoms with van der Waals surface area (Å²) in [4.78, 5) is 27.1. The minimum absolute atomic E-state index is 0.0574. The van der Waals surface area contributed by atoms with E-state index < -0.39 is 36.4 Å². The minimum Gasteiger partial charge on any atom is -0.508 e. The molecule has 10 nitrogen and oxygen atoms in total. The molecule has 0 bridgehead atoms. The van der Waals surface area contributed by atoms with Crippen molar-refractivity contribution in [2.45, 2.75) is 69.7 Å². The van der Waals surface area contributed by atoms with Crippen LogP contribution in [-0.2, 0) is 32.2 Å². The number of phenols is 1. The molecule has 264 valence electrons. The third-order valence-corrected chi connectivity index (χ3v) is 9.13. The van der Waals surface area contributed by atoms with E-state index in [2.05, 4.69) is 5.32 Å². The van der Waals surface area contributed by atoms with Gasteiger partial charge in [0.15, 0.2) is 6.29 Å². The zero-order valence-electron chi connectivity index (χ0n) is 27.3. The van der Waals surface area contributed by atoms with E-state index >= 15 is 0 Å². The Morgan fingerprint density at radius 3 is 2.35 bits per heavy atom. The van der Waals surface area contributed by atoms with Gasteiger partial charge in [-0.3, -0.25) is 9.59 Å². The molecule has 0 unspecified atom stereocenters. The minimum atomic E-state index is -5.04. The van der Waals surface area contributed by atoms with Gasteiger partial charge in [0.2, 0.25) is 5.91 Å². The maximum absolute atomic E-state index is 13.0. The average Bonchev–Trinajstić information content (AvgIpc) is 3.58. The molecule has 13 heteroatoms. The van der Waals surface area contributed by atoms with Crippen LogP contribution in [0.2, 0.25) is 0 Å². The molecule has 2 heterocycles. The van der Waals surface area contributed by atoms with Crippen LogP contribution < -0.4 is 5.32 Å². The van der Waals surface area contributed by atoms with Gasteiger partial charge in [-0.2, -0.15) is 13.2 Å². The number of aliphatic hydroxyl groups excluding tert-OH is 2. The van der Waals surface area contributed by atoms with Crippen LogP contribution in [0.3, 0.4) is 0 Å². The Bertz CT molecular complexity index is 1570. The smallest absolute Gasteiger partial charge is 0.471 e. The predicted octanol–water partition coefficient (Wildman–Crippen LogP) is 4.51. The molecule has 4 N–H and O–H groups in total. The van der Waals surface area contributed by atoms with E-state index in [4.69, 9.17) is 9.47 Å². The summed E-state index contributed by atoms with van der Waals surface area (Å²) in [5.41, 5.74) is 3.69. The van der Waals surface area contributed by atoms with E-state index in [0.717, 1.165) is 11.1 Å². The molecule has 2 fully saturated rings. The Balaban J connectivity index is 1.27. The number of phenolic OH excluding ortho intramolecular Hbond substituents is 1. The Labute approximate surface area is 283 Å². The molecule has 0 saturated carbocycles. The van der Waals surface area contributed by atoms with Crippen molar-refractivity contribution in [1.82, 2.24) is 15.1 Å². The zero-order chi connectivity index (χ0) is 35.3. The molecule has 0 aromatic heterocycles. The van der Waals surface area contributed by atoms with Crippen LogP contribution in [-0.4, -0.2) is 81.9 Å². The first-order valence-electron chi connectivity index (χ1n) is 16.2. The standard InChI is InChI=1S/C36H42F3N3O7/c1-22-31(20-41(2)19-30(45)27-5-3-6-28(44)17-27)48-34(49-32(22)25-12-10-24(21-43)11-13-25)26-14-8-23(9-15-26)18-40-33(46)29-7-4-16-42(29)35(47)36(37,38)39/h3,5-6,8-15,17,22,29-32,34,43-45H,4,7,16,18-21H2,1-2H3,(H,40,46)/t22-,29+,30-,31+,32+,34+/m1/s1. The van der Waals surface area contributed by atoms with Crippen LogP contribution in [0, 0.1) is 5.92 Å². The van der Waals surface area contributed by atoms with Crippen LogP contribution in [0.15, 0.2) is 72.8 Å². The topological polar surface area (TPSA) is 132 Å². The summed E-state index contributed by atoms with van der Waals surface area (Å²) in [6.45, 7) is 2.64. The fourth-order valence-corrected chi connectivity index (χ4v) is 6.39. The first-order valence-corrected chi connectivity index (χ1v) is 16.2. The van der Waals surface area contributed by atoms with E-state index in [1.54, 1.807) is 42.5 Å². The van der Waals surface area contributed by atoms with E-state index in [9.17, 15) is 38.1 Å². The monoisotopic (exact) mass is 685 g/mol. The molecule has 2 amide bonds. The van der Waals surface area contributed by atoms with Crippen molar-refractivity contribution in [1.29, 1.82) is 0 Å². The van der Waals surface area contributed by atoms with E-state index in [1.807, 2.05) is 43.1 Å². The molecule has 0 spiro atoms. The summed E-state index contributed by atoms with van der Waals surface area (Å²) in [5.74, 6) is -2.67. The maximum Gasteiger partial charge on any atom is 0.471 e. The lowest BCUT2D eigenvalue weighted by Gasteiger charge is -2.42. The first-order chi connectivity index (χ1) is 23.3. The number of alkyl halides is 3. The third kappa shape index (κ3) is 8.97. The third-order valence-electron chi connectivity index (χ3n) is 9.13. The number of nitrogens with zero attached hydrogens (tertiary/aromatic N) is 2. The lowest BCUT2D eigenvalue weighted by Crippen LogP contribution is -2.50. The van der Waals surface area contributed by atoms with Crippen LogP contribution in [0.25, 0.3) is 0 Å². The summed E-state index contributed by atoms with van der Waals surface area (Å²) in [5, 5.41) is 32.8. The molecule has 2 aliphatic rings. The fraction of sp³-hybridized carbons (Fsp3) is 0.444. The largest absolute Gasteiger partial charge is 0.508 e. The van der Waals surface area contributed by atoms with Crippen molar-refractivity contribution in [3.8, 4) is 5.75 Å². The number of carbonyl (C=O) groups is 2. The van der Waals surface area contributed by atoms with Gasteiger partial charge in [-0.05, 0) is 54.3 Å². The zero-order valence-corrected chi connectivity index (χ0v) is 27.3. The second-order valence-corrected chi connectivity index (χ2v) is 12.8. The SMILES string of the molecule is C[C@@H]1[C@H](CN(C)C[C@@H](O)c2cccc(O)c2)O[C@H](c2ccc(CNC(=O)[C@@H]3CCCN3C(=O)C(F)(F)F)cc2)O[C@@H]1c1ccc(CO)cc1. The number of carbonyl (C=O) groups excluding carboxylic acids is 2. The van der Waals surface area contributed by atoms with Crippen LogP contribution in [0.1, 0.15) is 66.1 Å². The first kappa shape index (κ1) is 36.3. The summed E-state index contributed by atoms with van der Waals surface area (Å²) < 4.78 is 52.0. The molecule has 2 aliphatic heterocycles. The number of likely N-dealkylation sites (tertiary alicyclic amines) is 1. The highest BCUT2D eigenvalue weighted by Gasteiger charge is 2.47. The molecule has 5 rings (SSSR count). The summed E-state index contributed by atoms with van der Waals surface area (Å²) in [6, 6.07) is 20.0. The van der Waals surface area contributed by atoms with E-state index in [0.29, 0.717) is 41.1 Å². The number of hydrogen-bond acceptors (Lipinski definition) is 8. The van der Waals surface area contributed by atoms with E-state index in [-0.39, 0.29) is 50.0 Å². The number of halogens is 3. The highest BCUT2D eigenvalue weighted by atomic mass is 19.4. The number of amides is 2. The molecule has 0 aliphatic carbocycles. The van der Waals surface area contributed by atoms with Crippen molar-refractivity contribution in [3.05, 3.63) is 101 Å². The van der Waals surface area contributed by atoms with Gasteiger partial charge in [-0.1, -0.05) is 67.6 Å². The van der Waals surface area contributed by atoms with Crippen molar-refractivity contribution < 1.29 is 47.6 Å². The lowest BCUT2D eigenvalue weighted by atomic mass is 9.90. The molecular formula is C36H42F3N3O7. The number of aromatic hydroxyl groups is 1. The highest BCUT2D eigenvalue weighted by Crippen LogP contribution is 2.42. The molecular weight excluding hydrogens is 643 g/mol. The number of likely N-dealkylation sites (N-methyl/N-ethyl adjacent to an activating group) is 1. The van der Waals surface area contributed by atoms with Crippen molar-refractivity contribution in [2.24, 2.45) is 5.92 Å². The van der Waals surface area contributed by atoms with Crippen LogP contribution >= 0.6 is 0 Å². The van der Waals surface area contributed by atoms with Crippen molar-refractivity contribution in [3.63, 3.8) is 0 Å². The fourth-order valence-electron chi connectivity index (χ4n) is 6.39. The Morgan fingerprint density at radius 1 is 1.02 bits per heavy atom.